The summed E-state index contributed by atoms with van der Waals surface area (Å²) in [5, 5.41) is 2.80. The number of hydrogen-bond donors (Lipinski definition) is 0. The number of pyridine rings is 1. The van der Waals surface area contributed by atoms with E-state index in [0.29, 0.717) is 51.2 Å². The van der Waals surface area contributed by atoms with Crippen LogP contribution in [0.15, 0.2) is 236 Å². The van der Waals surface area contributed by atoms with Gasteiger partial charge in [-0.2, -0.15) is 6.07 Å². The Morgan fingerprint density at radius 1 is 0.585 bits per heavy atom. The maximum Gasteiger partial charge on any atom is 0.281 e. The summed E-state index contributed by atoms with van der Waals surface area (Å²) >= 11 is 0. The van der Waals surface area contributed by atoms with Gasteiger partial charge in [0.15, 0.2) is 0 Å². The molecule has 10 aromatic carbocycles. The topological polar surface area (TPSA) is 59.2 Å². The SMILES string of the molecule is [2H]c1c([2H])c([2H])c(-c2cccc(-c3c([2H])c([2H])c([2H])c([2H])c3[2H])c2-[n+]2[c-]n(-c3[c-]c(Oc4[c-]c5c(cc4)c4ccccc4n5-c4cc(C(C)(C)C)ccn4)cc(-n4c5c(c6ccccc64)Oc4cccc6c4B5c4ccccc4O6)c3)c3ccccc32)c([2H])c1[2H].[Pt]. The first-order valence-electron chi connectivity index (χ1n) is 31.6. The van der Waals surface area contributed by atoms with Crippen LogP contribution in [0, 0.1) is 18.5 Å². The molecule has 0 saturated heterocycles. The molecule has 0 amide bonds. The third-order valence-electron chi connectivity index (χ3n) is 15.4. The summed E-state index contributed by atoms with van der Waals surface area (Å²) < 4.78 is 118. The zero-order chi connectivity index (χ0) is 62.6. The van der Waals surface area contributed by atoms with Gasteiger partial charge in [0, 0.05) is 60.7 Å². The standard InChI is InChI=1S/C72H48BN5O3.Pt/c1-72(2,3)48-38-39-74-67(40-48)78-59-29-13-10-24-55(59)56-37-36-51(44-63(56)78)79-52-42-49(75-45-76(62-32-16-15-31-61(62)75)69-53(46-20-6-4-7-21-46)26-18-27-54(69)47-22-8-5-9-23-47)41-50(43-52)77-60-30-14-11-25-57(60)70-71(77)73-58-28-12-17-33-64(58)80-65-34-19-35-66(81-70)68(65)73;/h4-41,43H,1-3H3;/q-2;/i4D,5D,6D,7D,8D,9D,20D,21D,22D,23D;. The maximum atomic E-state index is 9.31. The summed E-state index contributed by atoms with van der Waals surface area (Å²) in [5.74, 6) is 4.08. The molecule has 16 rings (SSSR count). The molecular weight excluding hydrogens is 1190 g/mol. The van der Waals surface area contributed by atoms with Crippen LogP contribution in [0.1, 0.15) is 40.0 Å². The molecule has 82 heavy (non-hydrogen) atoms. The van der Waals surface area contributed by atoms with E-state index in [1.54, 1.807) is 27.3 Å². The third-order valence-corrected chi connectivity index (χ3v) is 15.4. The van der Waals surface area contributed by atoms with Gasteiger partial charge in [-0.15, -0.1) is 35.7 Å². The number of para-hydroxylation sites is 6. The predicted molar refractivity (Wildman–Crippen MR) is 324 cm³/mol. The van der Waals surface area contributed by atoms with Gasteiger partial charge < -0.3 is 27.9 Å². The molecule has 0 fully saturated rings. The molecule has 0 spiro atoms. The molecule has 2 aliphatic heterocycles. The van der Waals surface area contributed by atoms with Gasteiger partial charge in [0.1, 0.15) is 28.8 Å². The molecule has 0 bridgehead atoms. The molecule has 10 heteroatoms. The van der Waals surface area contributed by atoms with Gasteiger partial charge in [0.05, 0.1) is 35.9 Å². The van der Waals surface area contributed by atoms with Gasteiger partial charge >= 0.3 is 0 Å². The van der Waals surface area contributed by atoms with Gasteiger partial charge in [-0.25, -0.2) is 4.98 Å². The van der Waals surface area contributed by atoms with E-state index in [1.807, 2.05) is 128 Å². The quantitative estimate of drug-likeness (QED) is 0.0864. The zero-order valence-corrected chi connectivity index (χ0v) is 46.4. The number of benzene rings is 10. The minimum absolute atomic E-state index is 0. The molecule has 0 radical (unpaired) electrons. The second kappa shape index (κ2) is 19.3. The van der Waals surface area contributed by atoms with Crippen molar-refractivity contribution in [3.63, 3.8) is 0 Å². The van der Waals surface area contributed by atoms with Crippen molar-refractivity contribution < 1.29 is 53.6 Å². The second-order valence-corrected chi connectivity index (χ2v) is 21.2. The molecule has 6 heterocycles. The fourth-order valence-corrected chi connectivity index (χ4v) is 11.8. The van der Waals surface area contributed by atoms with Crippen molar-refractivity contribution in [1.29, 1.82) is 0 Å². The van der Waals surface area contributed by atoms with Gasteiger partial charge in [-0.1, -0.05) is 189 Å². The van der Waals surface area contributed by atoms with Crippen molar-refractivity contribution in [2.75, 3.05) is 0 Å². The number of aromatic nitrogens is 5. The Morgan fingerprint density at radius 3 is 1.99 bits per heavy atom. The predicted octanol–water partition coefficient (Wildman–Crippen LogP) is 14.9. The van der Waals surface area contributed by atoms with E-state index in [9.17, 15) is 5.48 Å². The van der Waals surface area contributed by atoms with E-state index < -0.39 is 60.4 Å². The number of imidazole rings is 1. The minimum Gasteiger partial charge on any atom is -0.510 e. The van der Waals surface area contributed by atoms with Crippen LogP contribution in [-0.4, -0.2) is 25.4 Å². The summed E-state index contributed by atoms with van der Waals surface area (Å²) in [6.45, 7) is 6.14. The Balaban J connectivity index is 0.00000702. The van der Waals surface area contributed by atoms with Crippen LogP contribution in [0.3, 0.4) is 0 Å². The van der Waals surface area contributed by atoms with Crippen LogP contribution in [0.25, 0.3) is 88.9 Å². The minimum atomic E-state index is -0.594. The Labute approximate surface area is 503 Å². The van der Waals surface area contributed by atoms with E-state index in [-0.39, 0.29) is 66.9 Å². The molecule has 0 unspecified atom stereocenters. The summed E-state index contributed by atoms with van der Waals surface area (Å²) in [5.41, 5.74) is 8.15. The normalized spacial score (nSPS) is 14.1. The van der Waals surface area contributed by atoms with Gasteiger partial charge in [0.2, 0.25) is 0 Å². The number of ether oxygens (including phenoxy) is 3. The summed E-state index contributed by atoms with van der Waals surface area (Å²) in [6, 6.07) is 56.0. The number of rotatable bonds is 8. The number of fused-ring (bicyclic) bond motifs is 10. The van der Waals surface area contributed by atoms with Crippen molar-refractivity contribution >= 4 is 67.0 Å². The van der Waals surface area contributed by atoms with Crippen LogP contribution < -0.4 is 35.3 Å². The summed E-state index contributed by atoms with van der Waals surface area (Å²) in [7, 11) is 0. The van der Waals surface area contributed by atoms with Crippen molar-refractivity contribution in [2.24, 2.45) is 0 Å². The van der Waals surface area contributed by atoms with E-state index in [4.69, 9.17) is 27.4 Å². The zero-order valence-electron chi connectivity index (χ0n) is 54.1. The maximum absolute atomic E-state index is 9.31. The van der Waals surface area contributed by atoms with Gasteiger partial charge in [-0.05, 0) is 98.3 Å². The summed E-state index contributed by atoms with van der Waals surface area (Å²) in [6.07, 6.45) is 5.41. The Hall–Kier alpha value is -9.69. The molecule has 0 saturated carbocycles. The van der Waals surface area contributed by atoms with E-state index in [0.717, 1.165) is 60.6 Å². The average Bonchev–Trinajstić information content (AvgIpc) is 1.46. The fraction of sp³-hybridized carbons (Fsp3) is 0.0556. The van der Waals surface area contributed by atoms with Crippen LogP contribution in [0.5, 0.6) is 34.5 Å². The molecule has 8 nitrogen and oxygen atoms in total. The Bertz CT molecular complexity index is 5360. The molecule has 4 aromatic heterocycles. The van der Waals surface area contributed by atoms with Crippen molar-refractivity contribution in [1.82, 2.24) is 18.7 Å². The van der Waals surface area contributed by atoms with E-state index in [2.05, 4.69) is 78.7 Å². The van der Waals surface area contributed by atoms with Crippen molar-refractivity contribution in [3.05, 3.63) is 261 Å². The van der Waals surface area contributed by atoms with Crippen LogP contribution >= 0.6 is 0 Å². The van der Waals surface area contributed by atoms with Crippen LogP contribution in [-0.2, 0) is 26.5 Å². The molecule has 0 atom stereocenters. The largest absolute Gasteiger partial charge is 0.510 e. The van der Waals surface area contributed by atoms with E-state index in [1.165, 1.54) is 0 Å². The molecular formula is C72H48BN5O3Pt-2. The van der Waals surface area contributed by atoms with Gasteiger partial charge in [0.25, 0.3) is 13.0 Å². The summed E-state index contributed by atoms with van der Waals surface area (Å²) in [4.78, 5) is 4.92. The monoisotopic (exact) mass is 1250 g/mol. The Morgan fingerprint density at radius 2 is 1.23 bits per heavy atom. The molecule has 14 aromatic rings. The Kier molecular flexibility index (Phi) is 9.31. The van der Waals surface area contributed by atoms with Crippen molar-refractivity contribution in [2.45, 2.75) is 26.2 Å². The first-order chi connectivity index (χ1) is 43.9. The van der Waals surface area contributed by atoms with Gasteiger partial charge in [-0.3, -0.25) is 4.57 Å². The first kappa shape index (κ1) is 39.6. The number of nitrogens with zero attached hydrogens (tertiary/aromatic N) is 5. The fourth-order valence-electron chi connectivity index (χ4n) is 11.8. The number of hydrogen-bond acceptors (Lipinski definition) is 4. The molecule has 2 aliphatic rings. The first-order valence-corrected chi connectivity index (χ1v) is 26.6. The molecule has 0 aliphatic carbocycles. The molecule has 394 valence electrons. The van der Waals surface area contributed by atoms with Crippen molar-refractivity contribution in [3.8, 4) is 79.6 Å². The van der Waals surface area contributed by atoms with E-state index >= 15 is 0 Å². The van der Waals surface area contributed by atoms with Crippen LogP contribution in [0.4, 0.5) is 0 Å². The third kappa shape index (κ3) is 7.86. The second-order valence-electron chi connectivity index (χ2n) is 21.2. The van der Waals surface area contributed by atoms with Crippen LogP contribution in [0.2, 0.25) is 0 Å². The molecule has 0 N–H and O–H groups in total. The smallest absolute Gasteiger partial charge is 0.281 e. The average molecular weight is 1250 g/mol.